The fourth-order valence-corrected chi connectivity index (χ4v) is 5.63. The van der Waals surface area contributed by atoms with Crippen LogP contribution < -0.4 is 4.74 Å². The second kappa shape index (κ2) is 11.0. The highest BCUT2D eigenvalue weighted by atomic mass is 32.1. The molecule has 0 unspecified atom stereocenters. The summed E-state index contributed by atoms with van der Waals surface area (Å²) in [6.45, 7) is 4.65. The van der Waals surface area contributed by atoms with Crippen LogP contribution in [-0.4, -0.2) is 47.7 Å². The second-order valence-corrected chi connectivity index (χ2v) is 10.2. The number of hydrogen-bond donors (Lipinski definition) is 1. The van der Waals surface area contributed by atoms with E-state index in [0.717, 1.165) is 73.3 Å². The minimum atomic E-state index is -0.693. The summed E-state index contributed by atoms with van der Waals surface area (Å²) in [5.41, 5.74) is 3.29. The summed E-state index contributed by atoms with van der Waals surface area (Å²) in [6.07, 6.45) is 6.78. The van der Waals surface area contributed by atoms with Crippen molar-refractivity contribution in [3.63, 3.8) is 0 Å². The van der Waals surface area contributed by atoms with Crippen LogP contribution in [0.3, 0.4) is 0 Å². The molecule has 3 aromatic rings. The molecule has 4 rings (SSSR count). The van der Waals surface area contributed by atoms with E-state index >= 15 is 0 Å². The van der Waals surface area contributed by atoms with Gasteiger partial charge in [-0.25, -0.2) is 0 Å². The number of aromatic nitrogens is 1. The Kier molecular flexibility index (Phi) is 7.87. The summed E-state index contributed by atoms with van der Waals surface area (Å²) in [6, 6.07) is 10.1. The standard InChI is InChI=1S/C28H32N2O3S/c1-21-20-29-26-10-9-22(33-2)18-25(26)24(21)8-3-11-28(19-27(31)32)12-15-30(16-13-28)14-4-6-23-7-5-17-34-23/h5,7,9-10,17-18,20H,3,8,11-16,19H2,1-2H3,(H,31,32). The fourth-order valence-electron chi connectivity index (χ4n) is 5.03. The third-order valence-electron chi connectivity index (χ3n) is 7.01. The van der Waals surface area contributed by atoms with Gasteiger partial charge in [0.05, 0.1) is 30.5 Å². The lowest BCUT2D eigenvalue weighted by Crippen LogP contribution is -2.41. The molecule has 0 aliphatic carbocycles. The summed E-state index contributed by atoms with van der Waals surface area (Å²) in [4.78, 5) is 19.7. The summed E-state index contributed by atoms with van der Waals surface area (Å²) in [7, 11) is 1.68. The van der Waals surface area contributed by atoms with Gasteiger partial charge in [0.15, 0.2) is 0 Å². The van der Waals surface area contributed by atoms with Gasteiger partial charge < -0.3 is 9.84 Å². The molecular formula is C28H32N2O3S. The largest absolute Gasteiger partial charge is 0.497 e. The molecule has 34 heavy (non-hydrogen) atoms. The maximum atomic E-state index is 11.7. The molecule has 1 aromatic carbocycles. The Morgan fingerprint density at radius 1 is 1.29 bits per heavy atom. The molecule has 1 fully saturated rings. The highest BCUT2D eigenvalue weighted by Gasteiger charge is 2.36. The lowest BCUT2D eigenvalue weighted by atomic mass is 9.72. The third-order valence-corrected chi connectivity index (χ3v) is 7.80. The van der Waals surface area contributed by atoms with E-state index in [-0.39, 0.29) is 11.8 Å². The number of carboxylic acids is 1. The highest BCUT2D eigenvalue weighted by molar-refractivity contribution is 7.10. The van der Waals surface area contributed by atoms with E-state index in [1.807, 2.05) is 35.8 Å². The summed E-state index contributed by atoms with van der Waals surface area (Å²) >= 11 is 1.66. The van der Waals surface area contributed by atoms with Crippen molar-refractivity contribution >= 4 is 28.2 Å². The Morgan fingerprint density at radius 2 is 2.12 bits per heavy atom. The van der Waals surface area contributed by atoms with Crippen LogP contribution >= 0.6 is 11.3 Å². The van der Waals surface area contributed by atoms with Gasteiger partial charge in [0, 0.05) is 11.6 Å². The lowest BCUT2D eigenvalue weighted by Gasteiger charge is -2.41. The van der Waals surface area contributed by atoms with Crippen molar-refractivity contribution in [1.29, 1.82) is 0 Å². The molecule has 0 radical (unpaired) electrons. The molecule has 0 saturated carbocycles. The van der Waals surface area contributed by atoms with Crippen LogP contribution in [0.25, 0.3) is 10.9 Å². The maximum Gasteiger partial charge on any atom is 0.303 e. The monoisotopic (exact) mass is 476 g/mol. The molecule has 2 aromatic heterocycles. The van der Waals surface area contributed by atoms with Crippen LogP contribution in [0.5, 0.6) is 5.75 Å². The number of hydrogen-bond acceptors (Lipinski definition) is 5. The number of aliphatic carboxylic acids is 1. The minimum absolute atomic E-state index is 0.141. The zero-order chi connectivity index (χ0) is 24.0. The molecule has 1 saturated heterocycles. The Bertz CT molecular complexity index is 1190. The van der Waals surface area contributed by atoms with Crippen LogP contribution in [0.4, 0.5) is 0 Å². The molecule has 3 heterocycles. The SMILES string of the molecule is COc1ccc2ncc(C)c(CCCC3(CC(=O)O)CCN(CC#Cc4cccs4)CC3)c2c1. The normalized spacial score (nSPS) is 15.6. The minimum Gasteiger partial charge on any atom is -0.497 e. The molecule has 1 aliphatic rings. The van der Waals surface area contributed by atoms with Crippen LogP contribution in [0.1, 0.15) is 48.1 Å². The quantitative estimate of drug-likeness (QED) is 0.432. The van der Waals surface area contributed by atoms with Gasteiger partial charge in [-0.2, -0.15) is 0 Å². The Balaban J connectivity index is 1.40. The smallest absolute Gasteiger partial charge is 0.303 e. The first-order chi connectivity index (χ1) is 16.5. The number of carbonyl (C=O) groups is 1. The number of benzene rings is 1. The summed E-state index contributed by atoms with van der Waals surface area (Å²) in [5, 5.41) is 12.8. The zero-order valence-electron chi connectivity index (χ0n) is 20.0. The Hall–Kier alpha value is -2.88. The fraction of sp³-hybridized carbons (Fsp3) is 0.429. The number of ether oxygens (including phenoxy) is 1. The first-order valence-corrected chi connectivity index (χ1v) is 12.7. The molecule has 0 bridgehead atoms. The number of fused-ring (bicyclic) bond motifs is 1. The molecule has 6 heteroatoms. The van der Waals surface area contributed by atoms with E-state index in [4.69, 9.17) is 4.74 Å². The van der Waals surface area contributed by atoms with E-state index in [9.17, 15) is 9.90 Å². The first-order valence-electron chi connectivity index (χ1n) is 11.9. The van der Waals surface area contributed by atoms with Crippen molar-refractivity contribution in [1.82, 2.24) is 9.88 Å². The van der Waals surface area contributed by atoms with Gasteiger partial charge in [0.25, 0.3) is 0 Å². The number of carboxylic acid groups (broad SMARTS) is 1. The van der Waals surface area contributed by atoms with Gasteiger partial charge in [0.2, 0.25) is 0 Å². The van der Waals surface area contributed by atoms with Crippen molar-refractivity contribution in [3.8, 4) is 17.6 Å². The maximum absolute atomic E-state index is 11.7. The van der Waals surface area contributed by atoms with Gasteiger partial charge >= 0.3 is 5.97 Å². The van der Waals surface area contributed by atoms with E-state index in [2.05, 4.69) is 34.7 Å². The predicted octanol–water partition coefficient (Wildman–Crippen LogP) is 5.54. The number of methoxy groups -OCH3 is 1. The van der Waals surface area contributed by atoms with Crippen LogP contribution in [0, 0.1) is 24.2 Å². The second-order valence-electron chi connectivity index (χ2n) is 9.28. The topological polar surface area (TPSA) is 62.7 Å². The molecule has 5 nitrogen and oxygen atoms in total. The molecule has 1 aliphatic heterocycles. The van der Waals surface area contributed by atoms with Gasteiger partial charge in [-0.05, 0) is 98.3 Å². The van der Waals surface area contributed by atoms with Crippen molar-refractivity contribution in [3.05, 3.63) is 57.9 Å². The number of likely N-dealkylation sites (tertiary alicyclic amines) is 1. The van der Waals surface area contributed by atoms with Crippen molar-refractivity contribution in [2.24, 2.45) is 5.41 Å². The van der Waals surface area contributed by atoms with E-state index in [0.29, 0.717) is 0 Å². The number of piperidine rings is 1. The number of aryl methyl sites for hydroxylation is 2. The van der Waals surface area contributed by atoms with Crippen molar-refractivity contribution in [2.45, 2.75) is 45.4 Å². The third kappa shape index (κ3) is 5.97. The molecule has 0 amide bonds. The van der Waals surface area contributed by atoms with Gasteiger partial charge in [-0.15, -0.1) is 11.3 Å². The van der Waals surface area contributed by atoms with E-state index in [1.54, 1.807) is 18.4 Å². The number of nitrogens with zero attached hydrogens (tertiary/aromatic N) is 2. The number of rotatable bonds is 8. The van der Waals surface area contributed by atoms with Gasteiger partial charge in [-0.1, -0.05) is 17.9 Å². The number of pyridine rings is 1. The predicted molar refractivity (Wildman–Crippen MR) is 138 cm³/mol. The lowest BCUT2D eigenvalue weighted by molar-refractivity contribution is -0.140. The average molecular weight is 477 g/mol. The van der Waals surface area contributed by atoms with Crippen LogP contribution in [-0.2, 0) is 11.2 Å². The van der Waals surface area contributed by atoms with E-state index in [1.165, 1.54) is 11.1 Å². The molecular weight excluding hydrogens is 444 g/mol. The van der Waals surface area contributed by atoms with Crippen molar-refractivity contribution < 1.29 is 14.6 Å². The Labute approximate surface area is 205 Å². The Morgan fingerprint density at radius 3 is 2.82 bits per heavy atom. The molecule has 0 spiro atoms. The highest BCUT2D eigenvalue weighted by Crippen LogP contribution is 2.40. The van der Waals surface area contributed by atoms with E-state index < -0.39 is 5.97 Å². The average Bonchev–Trinajstić information content (AvgIpc) is 3.35. The molecule has 178 valence electrons. The van der Waals surface area contributed by atoms with Gasteiger partial charge in [-0.3, -0.25) is 14.7 Å². The zero-order valence-corrected chi connectivity index (χ0v) is 20.8. The summed E-state index contributed by atoms with van der Waals surface area (Å²) < 4.78 is 5.43. The molecule has 0 atom stereocenters. The number of thiophene rings is 1. The molecule has 1 N–H and O–H groups in total. The summed E-state index contributed by atoms with van der Waals surface area (Å²) in [5.74, 6) is 6.64. The van der Waals surface area contributed by atoms with Crippen LogP contribution in [0.2, 0.25) is 0 Å². The van der Waals surface area contributed by atoms with Crippen molar-refractivity contribution in [2.75, 3.05) is 26.7 Å². The first kappa shape index (κ1) is 24.3. The van der Waals surface area contributed by atoms with Gasteiger partial charge in [0.1, 0.15) is 5.75 Å². The van der Waals surface area contributed by atoms with Crippen LogP contribution in [0.15, 0.2) is 41.9 Å².